The zero-order valence-corrected chi connectivity index (χ0v) is 15.3. The van der Waals surface area contributed by atoms with Gasteiger partial charge in [-0.05, 0) is 37.3 Å². The molecule has 0 aromatic carbocycles. The minimum absolute atomic E-state index is 0.00254. The third-order valence-corrected chi connectivity index (χ3v) is 6.43. The van der Waals surface area contributed by atoms with Gasteiger partial charge < -0.3 is 9.64 Å². The van der Waals surface area contributed by atoms with E-state index in [4.69, 9.17) is 4.74 Å². The summed E-state index contributed by atoms with van der Waals surface area (Å²) in [5, 5.41) is 10.2. The highest BCUT2D eigenvalue weighted by molar-refractivity contribution is 7.10. The molecule has 1 unspecified atom stereocenters. The van der Waals surface area contributed by atoms with Crippen LogP contribution in [0.2, 0.25) is 0 Å². The van der Waals surface area contributed by atoms with Gasteiger partial charge in [-0.2, -0.15) is 5.10 Å². The number of rotatable bonds is 4. The van der Waals surface area contributed by atoms with E-state index in [0.29, 0.717) is 12.4 Å². The molecule has 0 spiro atoms. The molecule has 132 valence electrons. The van der Waals surface area contributed by atoms with Gasteiger partial charge in [-0.1, -0.05) is 18.9 Å². The topological polar surface area (TPSA) is 55.3 Å². The van der Waals surface area contributed by atoms with E-state index in [0.717, 1.165) is 44.3 Å². The Hall–Kier alpha value is -1.95. The maximum atomic E-state index is 13.4. The van der Waals surface area contributed by atoms with Gasteiger partial charge in [-0.15, -0.1) is 16.4 Å². The largest absolute Gasteiger partial charge is 0.471 e. The molecule has 2 aromatic heterocycles. The molecule has 2 fully saturated rings. The van der Waals surface area contributed by atoms with Gasteiger partial charge in [0.15, 0.2) is 0 Å². The molecule has 1 saturated heterocycles. The van der Waals surface area contributed by atoms with E-state index in [2.05, 4.69) is 27.7 Å². The van der Waals surface area contributed by atoms with E-state index in [1.807, 2.05) is 24.0 Å². The van der Waals surface area contributed by atoms with Gasteiger partial charge in [0.25, 0.3) is 0 Å². The lowest BCUT2D eigenvalue weighted by molar-refractivity contribution is -0.136. The Balaban J connectivity index is 1.45. The fourth-order valence-electron chi connectivity index (χ4n) is 4.03. The summed E-state index contributed by atoms with van der Waals surface area (Å²) in [6, 6.07) is 7.92. The number of carbonyl (C=O) groups is 1. The molecule has 0 bridgehead atoms. The fourth-order valence-corrected chi connectivity index (χ4v) is 5.00. The van der Waals surface area contributed by atoms with Crippen LogP contribution in [0.1, 0.15) is 42.7 Å². The first-order chi connectivity index (χ1) is 12.2. The van der Waals surface area contributed by atoms with Crippen LogP contribution in [-0.4, -0.2) is 40.2 Å². The van der Waals surface area contributed by atoms with Crippen molar-refractivity contribution < 1.29 is 9.53 Å². The Labute approximate surface area is 152 Å². The highest BCUT2D eigenvalue weighted by atomic mass is 32.1. The lowest BCUT2D eigenvalue weighted by Gasteiger charge is -2.31. The number of thiophene rings is 1. The highest BCUT2D eigenvalue weighted by Gasteiger charge is 2.47. The van der Waals surface area contributed by atoms with Gasteiger partial charge in [-0.3, -0.25) is 4.79 Å². The summed E-state index contributed by atoms with van der Waals surface area (Å²) >= 11 is 1.71. The molecule has 0 radical (unpaired) electrons. The van der Waals surface area contributed by atoms with Crippen molar-refractivity contribution in [3.05, 3.63) is 40.2 Å². The first-order valence-corrected chi connectivity index (χ1v) is 9.86. The summed E-state index contributed by atoms with van der Waals surface area (Å²) in [5.41, 5.74) is 0.571. The summed E-state index contributed by atoms with van der Waals surface area (Å²) in [6.45, 7) is 3.30. The molecule has 3 heterocycles. The average molecular weight is 357 g/mol. The second kappa shape index (κ2) is 6.75. The smallest absolute Gasteiger partial charge is 0.234 e. The molecule has 1 aliphatic heterocycles. The highest BCUT2D eigenvalue weighted by Crippen LogP contribution is 2.45. The molecule has 2 aromatic rings. The van der Waals surface area contributed by atoms with Crippen LogP contribution in [0.3, 0.4) is 0 Å². The first kappa shape index (κ1) is 16.5. The van der Waals surface area contributed by atoms with Crippen LogP contribution in [0.25, 0.3) is 0 Å². The monoisotopic (exact) mass is 357 g/mol. The Morgan fingerprint density at radius 3 is 2.80 bits per heavy atom. The lowest BCUT2D eigenvalue weighted by Crippen LogP contribution is -2.44. The van der Waals surface area contributed by atoms with E-state index >= 15 is 0 Å². The third kappa shape index (κ3) is 3.15. The average Bonchev–Trinajstić information content (AvgIpc) is 3.38. The molecule has 1 amide bonds. The number of aromatic nitrogens is 2. The summed E-state index contributed by atoms with van der Waals surface area (Å²) in [5.74, 6) is 0.826. The zero-order chi connectivity index (χ0) is 17.3. The number of hydrogen-bond acceptors (Lipinski definition) is 5. The minimum atomic E-state index is -0.299. The van der Waals surface area contributed by atoms with Gasteiger partial charge >= 0.3 is 0 Å². The van der Waals surface area contributed by atoms with Crippen molar-refractivity contribution >= 4 is 17.2 Å². The zero-order valence-electron chi connectivity index (χ0n) is 14.5. The van der Waals surface area contributed by atoms with E-state index in [1.165, 1.54) is 4.88 Å². The Morgan fingerprint density at radius 1 is 1.28 bits per heavy atom. The Kier molecular flexibility index (Phi) is 4.46. The number of likely N-dealkylation sites (tertiary alicyclic amines) is 1. The number of carbonyl (C=O) groups excluding carboxylic acids is 1. The normalized spacial score (nSPS) is 22.3. The molecule has 1 aliphatic carbocycles. The Bertz CT molecular complexity index is 724. The van der Waals surface area contributed by atoms with Crippen LogP contribution in [0.5, 0.6) is 5.88 Å². The summed E-state index contributed by atoms with van der Waals surface area (Å²) in [6.07, 6.45) is 5.06. The molecule has 1 saturated carbocycles. The number of amides is 1. The van der Waals surface area contributed by atoms with E-state index in [1.54, 1.807) is 11.3 Å². The van der Waals surface area contributed by atoms with Crippen molar-refractivity contribution in [2.45, 2.75) is 50.5 Å². The van der Waals surface area contributed by atoms with Crippen LogP contribution in [-0.2, 0) is 10.2 Å². The number of ether oxygens (including phenoxy) is 1. The van der Waals surface area contributed by atoms with Gasteiger partial charge in [0.1, 0.15) is 6.10 Å². The summed E-state index contributed by atoms with van der Waals surface area (Å²) < 4.78 is 5.93. The fraction of sp³-hybridized carbons (Fsp3) is 0.526. The predicted molar refractivity (Wildman–Crippen MR) is 96.8 cm³/mol. The van der Waals surface area contributed by atoms with Crippen LogP contribution < -0.4 is 4.74 Å². The Morgan fingerprint density at radius 2 is 2.12 bits per heavy atom. The predicted octanol–water partition coefficient (Wildman–Crippen LogP) is 3.34. The van der Waals surface area contributed by atoms with Crippen molar-refractivity contribution in [2.75, 3.05) is 13.1 Å². The van der Waals surface area contributed by atoms with Crippen molar-refractivity contribution in [1.29, 1.82) is 0 Å². The molecule has 5 nitrogen and oxygen atoms in total. The molecule has 25 heavy (non-hydrogen) atoms. The SMILES string of the molecule is Cc1ccc(OC2CCN(C(=O)C3(c4cccs4)CCCC3)C2)nn1. The molecule has 1 atom stereocenters. The molecular weight excluding hydrogens is 334 g/mol. The lowest BCUT2D eigenvalue weighted by atomic mass is 9.83. The van der Waals surface area contributed by atoms with Crippen molar-refractivity contribution in [3.63, 3.8) is 0 Å². The van der Waals surface area contributed by atoms with E-state index in [9.17, 15) is 4.79 Å². The van der Waals surface area contributed by atoms with Crippen molar-refractivity contribution in [1.82, 2.24) is 15.1 Å². The second-order valence-electron chi connectivity index (χ2n) is 7.06. The first-order valence-electron chi connectivity index (χ1n) is 8.98. The van der Waals surface area contributed by atoms with Crippen LogP contribution in [0.4, 0.5) is 0 Å². The molecule has 4 rings (SSSR count). The molecular formula is C19H23N3O2S. The van der Waals surface area contributed by atoms with Gasteiger partial charge in [-0.25, -0.2) is 0 Å². The molecule has 6 heteroatoms. The number of hydrogen-bond donors (Lipinski definition) is 0. The van der Waals surface area contributed by atoms with Crippen LogP contribution in [0.15, 0.2) is 29.6 Å². The van der Waals surface area contributed by atoms with E-state index < -0.39 is 0 Å². The molecule has 2 aliphatic rings. The summed E-state index contributed by atoms with van der Waals surface area (Å²) in [4.78, 5) is 16.6. The quantitative estimate of drug-likeness (QED) is 0.842. The minimum Gasteiger partial charge on any atom is -0.471 e. The standard InChI is InChI=1S/C19H23N3O2S/c1-14-6-7-17(21-20-14)24-15-8-11-22(13-15)18(23)19(9-2-3-10-19)16-5-4-12-25-16/h4-7,12,15H,2-3,8-11,13H2,1H3. The van der Waals surface area contributed by atoms with Crippen LogP contribution in [0, 0.1) is 6.92 Å². The third-order valence-electron chi connectivity index (χ3n) is 5.35. The van der Waals surface area contributed by atoms with E-state index in [-0.39, 0.29) is 17.4 Å². The summed E-state index contributed by atoms with van der Waals surface area (Å²) in [7, 11) is 0. The molecule has 0 N–H and O–H groups in total. The van der Waals surface area contributed by atoms with Gasteiger partial charge in [0, 0.05) is 23.9 Å². The van der Waals surface area contributed by atoms with Crippen molar-refractivity contribution in [2.24, 2.45) is 0 Å². The van der Waals surface area contributed by atoms with Gasteiger partial charge in [0.2, 0.25) is 11.8 Å². The second-order valence-corrected chi connectivity index (χ2v) is 8.01. The maximum absolute atomic E-state index is 13.4. The number of nitrogens with zero attached hydrogens (tertiary/aromatic N) is 3. The maximum Gasteiger partial charge on any atom is 0.234 e. The van der Waals surface area contributed by atoms with Gasteiger partial charge in [0.05, 0.1) is 17.7 Å². The van der Waals surface area contributed by atoms with Crippen LogP contribution >= 0.6 is 11.3 Å². The van der Waals surface area contributed by atoms with Crippen molar-refractivity contribution in [3.8, 4) is 5.88 Å². The number of aryl methyl sites for hydroxylation is 1.